The summed E-state index contributed by atoms with van der Waals surface area (Å²) < 4.78 is 5.32. The van der Waals surface area contributed by atoms with Gasteiger partial charge >= 0.3 is 5.69 Å². The van der Waals surface area contributed by atoms with Gasteiger partial charge in [-0.15, -0.1) is 0 Å². The van der Waals surface area contributed by atoms with Crippen LogP contribution in [0.5, 0.6) is 0 Å². The molecule has 1 aliphatic heterocycles. The molecule has 130 valence electrons. The van der Waals surface area contributed by atoms with Crippen LogP contribution in [0.4, 0.5) is 0 Å². The van der Waals surface area contributed by atoms with Crippen LogP contribution in [0.25, 0.3) is 11.0 Å². The van der Waals surface area contributed by atoms with E-state index in [1.165, 1.54) is 0 Å². The van der Waals surface area contributed by atoms with Gasteiger partial charge in [0.25, 0.3) is 11.5 Å². The van der Waals surface area contributed by atoms with Crippen LogP contribution in [0.15, 0.2) is 9.59 Å². The molecule has 0 saturated carbocycles. The first kappa shape index (κ1) is 16.9. The first-order valence-corrected chi connectivity index (χ1v) is 9.18. The first-order valence-electron chi connectivity index (χ1n) is 8.41. The second-order valence-corrected chi connectivity index (χ2v) is 7.45. The predicted octanol–water partition coefficient (Wildman–Crippen LogP) is 1.82. The number of nitrogens with zero attached hydrogens (tertiary/aromatic N) is 3. The number of H-pyrrole nitrogens is 1. The van der Waals surface area contributed by atoms with Crippen LogP contribution in [0, 0.1) is 5.92 Å². The van der Waals surface area contributed by atoms with Gasteiger partial charge in [0.1, 0.15) is 4.88 Å². The molecule has 1 saturated heterocycles. The highest BCUT2D eigenvalue weighted by atomic mass is 32.1. The highest BCUT2D eigenvalue weighted by molar-refractivity contribution is 7.09. The minimum Gasteiger partial charge on any atom is -0.338 e. The van der Waals surface area contributed by atoms with Gasteiger partial charge in [0, 0.05) is 19.6 Å². The van der Waals surface area contributed by atoms with Crippen molar-refractivity contribution in [1.29, 1.82) is 0 Å². The number of hydrogen-bond donors (Lipinski definition) is 1. The van der Waals surface area contributed by atoms with Crippen molar-refractivity contribution in [2.24, 2.45) is 5.92 Å². The van der Waals surface area contributed by atoms with E-state index in [1.54, 1.807) is 4.90 Å². The second-order valence-electron chi connectivity index (χ2n) is 6.68. The van der Waals surface area contributed by atoms with E-state index in [9.17, 15) is 14.4 Å². The van der Waals surface area contributed by atoms with Gasteiger partial charge < -0.3 is 9.88 Å². The minimum atomic E-state index is -0.480. The zero-order valence-corrected chi connectivity index (χ0v) is 14.8. The lowest BCUT2D eigenvalue weighted by molar-refractivity contribution is 0.0768. The number of amides is 1. The molecule has 1 amide bonds. The van der Waals surface area contributed by atoms with Crippen molar-refractivity contribution in [3.63, 3.8) is 0 Å². The summed E-state index contributed by atoms with van der Waals surface area (Å²) in [6.07, 6.45) is 4.23. The summed E-state index contributed by atoms with van der Waals surface area (Å²) >= 11 is 0.997. The SMILES string of the molecule is CC(C)Cn1c(=O)[nH]c2c(C(=O)N3CCCCCC3)snc2c1=O. The molecule has 0 bridgehead atoms. The molecule has 0 spiro atoms. The molecular formula is C16H22N4O3S. The zero-order valence-electron chi connectivity index (χ0n) is 14.0. The summed E-state index contributed by atoms with van der Waals surface area (Å²) in [5.41, 5.74) is -0.442. The minimum absolute atomic E-state index is 0.138. The fraction of sp³-hybridized carbons (Fsp3) is 0.625. The van der Waals surface area contributed by atoms with Crippen molar-refractivity contribution in [1.82, 2.24) is 18.8 Å². The number of nitrogens with one attached hydrogen (secondary N) is 1. The Kier molecular flexibility index (Phi) is 4.84. The Labute approximate surface area is 143 Å². The quantitative estimate of drug-likeness (QED) is 0.914. The molecule has 0 unspecified atom stereocenters. The summed E-state index contributed by atoms with van der Waals surface area (Å²) in [5, 5.41) is 0. The number of hydrogen-bond acceptors (Lipinski definition) is 5. The van der Waals surface area contributed by atoms with Gasteiger partial charge in [0.2, 0.25) is 0 Å². The zero-order chi connectivity index (χ0) is 17.3. The fourth-order valence-electron chi connectivity index (χ4n) is 3.04. The number of carbonyl (C=O) groups excluding carboxylic acids is 1. The Balaban J connectivity index is 2.03. The van der Waals surface area contributed by atoms with E-state index in [0.29, 0.717) is 24.5 Å². The molecule has 0 atom stereocenters. The van der Waals surface area contributed by atoms with E-state index in [2.05, 4.69) is 9.36 Å². The van der Waals surface area contributed by atoms with Crippen LogP contribution >= 0.6 is 11.5 Å². The van der Waals surface area contributed by atoms with Crippen LogP contribution in [0.3, 0.4) is 0 Å². The van der Waals surface area contributed by atoms with Gasteiger partial charge in [-0.3, -0.25) is 14.2 Å². The Morgan fingerprint density at radius 1 is 1.21 bits per heavy atom. The average molecular weight is 350 g/mol. The number of aromatic amines is 1. The molecule has 3 heterocycles. The summed E-state index contributed by atoms with van der Waals surface area (Å²) in [6, 6.07) is 0. The van der Waals surface area contributed by atoms with Crippen LogP contribution in [-0.4, -0.2) is 37.8 Å². The van der Waals surface area contributed by atoms with Gasteiger partial charge in [-0.2, -0.15) is 4.37 Å². The van der Waals surface area contributed by atoms with Crippen LogP contribution in [-0.2, 0) is 6.54 Å². The molecule has 1 aliphatic rings. The second kappa shape index (κ2) is 6.88. The van der Waals surface area contributed by atoms with Crippen molar-refractivity contribution >= 4 is 28.5 Å². The van der Waals surface area contributed by atoms with Crippen molar-refractivity contribution in [3.8, 4) is 0 Å². The molecule has 2 aromatic rings. The molecule has 1 fully saturated rings. The first-order chi connectivity index (χ1) is 11.5. The van der Waals surface area contributed by atoms with Crippen molar-refractivity contribution in [2.45, 2.75) is 46.1 Å². The molecule has 3 rings (SSSR count). The van der Waals surface area contributed by atoms with Gasteiger partial charge in [0.05, 0.1) is 5.52 Å². The standard InChI is InChI=1S/C16H22N4O3S/c1-10(2)9-20-14(21)12-11(17-16(20)23)13(24-18-12)15(22)19-7-5-3-4-6-8-19/h10H,3-9H2,1-2H3,(H,17,23). The topological polar surface area (TPSA) is 88.1 Å². The summed E-state index contributed by atoms with van der Waals surface area (Å²) in [7, 11) is 0. The smallest absolute Gasteiger partial charge is 0.328 e. The number of fused-ring (bicyclic) bond motifs is 1. The number of aromatic nitrogens is 3. The number of carbonyl (C=O) groups is 1. The van der Waals surface area contributed by atoms with Crippen molar-refractivity contribution in [2.75, 3.05) is 13.1 Å². The highest BCUT2D eigenvalue weighted by Gasteiger charge is 2.24. The summed E-state index contributed by atoms with van der Waals surface area (Å²) in [4.78, 5) is 42.4. The van der Waals surface area contributed by atoms with Gasteiger partial charge in [0.15, 0.2) is 5.52 Å². The average Bonchev–Trinajstić information content (AvgIpc) is 2.78. The molecule has 0 aliphatic carbocycles. The third-order valence-corrected chi connectivity index (χ3v) is 5.09. The third kappa shape index (κ3) is 3.15. The van der Waals surface area contributed by atoms with Gasteiger partial charge in [-0.1, -0.05) is 26.7 Å². The normalized spacial score (nSPS) is 15.9. The third-order valence-electron chi connectivity index (χ3n) is 4.25. The largest absolute Gasteiger partial charge is 0.338 e. The van der Waals surface area contributed by atoms with E-state index in [0.717, 1.165) is 41.8 Å². The molecule has 7 nitrogen and oxygen atoms in total. The van der Waals surface area contributed by atoms with Gasteiger partial charge in [-0.05, 0) is 30.3 Å². The highest BCUT2D eigenvalue weighted by Crippen LogP contribution is 2.21. The van der Waals surface area contributed by atoms with E-state index >= 15 is 0 Å². The molecule has 0 radical (unpaired) electrons. The van der Waals surface area contributed by atoms with Crippen molar-refractivity contribution < 1.29 is 4.79 Å². The molecular weight excluding hydrogens is 328 g/mol. The Morgan fingerprint density at radius 2 is 1.88 bits per heavy atom. The monoisotopic (exact) mass is 350 g/mol. The Hall–Kier alpha value is -1.96. The predicted molar refractivity (Wildman–Crippen MR) is 93.7 cm³/mol. The number of rotatable bonds is 3. The molecule has 0 aromatic carbocycles. The van der Waals surface area contributed by atoms with Gasteiger partial charge in [-0.25, -0.2) is 4.79 Å². The number of likely N-dealkylation sites (tertiary alicyclic amines) is 1. The van der Waals surface area contributed by atoms with Crippen molar-refractivity contribution in [3.05, 3.63) is 25.7 Å². The fourth-order valence-corrected chi connectivity index (χ4v) is 3.84. The molecule has 8 heteroatoms. The summed E-state index contributed by atoms with van der Waals surface area (Å²) in [6.45, 7) is 5.63. The lowest BCUT2D eigenvalue weighted by Crippen LogP contribution is -2.37. The Morgan fingerprint density at radius 3 is 2.50 bits per heavy atom. The van der Waals surface area contributed by atoms with Crippen LogP contribution in [0.1, 0.15) is 49.2 Å². The molecule has 24 heavy (non-hydrogen) atoms. The summed E-state index contributed by atoms with van der Waals surface area (Å²) in [5.74, 6) is 0.0270. The maximum atomic E-state index is 12.8. The van der Waals surface area contributed by atoms with E-state index in [1.807, 2.05) is 13.8 Å². The van der Waals surface area contributed by atoms with E-state index in [-0.39, 0.29) is 22.9 Å². The van der Waals surface area contributed by atoms with E-state index < -0.39 is 11.2 Å². The van der Waals surface area contributed by atoms with Crippen LogP contribution < -0.4 is 11.2 Å². The molecule has 2 aromatic heterocycles. The lowest BCUT2D eigenvalue weighted by atomic mass is 10.2. The van der Waals surface area contributed by atoms with Crippen LogP contribution in [0.2, 0.25) is 0 Å². The molecule has 1 N–H and O–H groups in total. The maximum Gasteiger partial charge on any atom is 0.328 e. The Bertz CT molecular complexity index is 856. The maximum absolute atomic E-state index is 12.8. The lowest BCUT2D eigenvalue weighted by Gasteiger charge is -2.19. The van der Waals surface area contributed by atoms with E-state index in [4.69, 9.17) is 0 Å².